The van der Waals surface area contributed by atoms with E-state index < -0.39 is 5.97 Å². The third-order valence-corrected chi connectivity index (χ3v) is 3.85. The summed E-state index contributed by atoms with van der Waals surface area (Å²) < 4.78 is 0. The molecule has 1 saturated heterocycles. The van der Waals surface area contributed by atoms with E-state index in [4.69, 9.17) is 5.11 Å². The summed E-state index contributed by atoms with van der Waals surface area (Å²) >= 11 is 0. The normalized spacial score (nSPS) is 22.3. The van der Waals surface area contributed by atoms with E-state index in [1.807, 2.05) is 18.2 Å². The molecule has 4 heteroatoms. The quantitative estimate of drug-likeness (QED) is 0.857. The van der Waals surface area contributed by atoms with Crippen LogP contribution in [-0.2, 0) is 4.79 Å². The van der Waals surface area contributed by atoms with Gasteiger partial charge in [0.25, 0.3) is 5.91 Å². The van der Waals surface area contributed by atoms with Crippen LogP contribution < -0.4 is 0 Å². The number of carboxylic acid groups (broad SMARTS) is 1. The summed E-state index contributed by atoms with van der Waals surface area (Å²) in [5.41, 5.74) is 0.673. The molecule has 4 nitrogen and oxygen atoms in total. The van der Waals surface area contributed by atoms with E-state index >= 15 is 0 Å². The van der Waals surface area contributed by atoms with Crippen molar-refractivity contribution in [2.24, 2.45) is 11.8 Å². The van der Waals surface area contributed by atoms with Gasteiger partial charge in [0.15, 0.2) is 0 Å². The van der Waals surface area contributed by atoms with Crippen molar-refractivity contribution in [1.29, 1.82) is 0 Å². The lowest BCUT2D eigenvalue weighted by molar-refractivity contribution is -0.138. The van der Waals surface area contributed by atoms with E-state index in [0.29, 0.717) is 25.1 Å². The van der Waals surface area contributed by atoms with Crippen molar-refractivity contribution in [3.05, 3.63) is 48.6 Å². The van der Waals surface area contributed by atoms with Crippen LogP contribution in [0.1, 0.15) is 23.2 Å². The van der Waals surface area contributed by atoms with Crippen LogP contribution in [0.4, 0.5) is 0 Å². The summed E-state index contributed by atoms with van der Waals surface area (Å²) in [6, 6.07) is 9.16. The summed E-state index contributed by atoms with van der Waals surface area (Å²) in [4.78, 5) is 25.0. The van der Waals surface area contributed by atoms with Gasteiger partial charge in [-0.25, -0.2) is 0 Å². The number of carbonyl (C=O) groups is 2. The van der Waals surface area contributed by atoms with Gasteiger partial charge in [0.2, 0.25) is 0 Å². The Morgan fingerprint density at radius 2 is 2.05 bits per heavy atom. The first kappa shape index (κ1) is 14.3. The predicted molar refractivity (Wildman–Crippen MR) is 76.4 cm³/mol. The standard InChI is InChI=1S/C16H19NO3/c1-2-12-11-17(9-8-14(12)10-15(18)19)16(20)13-6-4-3-5-7-13/h2-7,12,14H,1,8-11H2,(H,18,19)/t12-,14?/m0/s1. The Morgan fingerprint density at radius 3 is 2.65 bits per heavy atom. The number of aliphatic carboxylic acids is 1. The van der Waals surface area contributed by atoms with E-state index in [-0.39, 0.29) is 24.2 Å². The molecular formula is C16H19NO3. The van der Waals surface area contributed by atoms with Crippen LogP contribution in [-0.4, -0.2) is 35.0 Å². The number of benzene rings is 1. The van der Waals surface area contributed by atoms with Crippen LogP contribution >= 0.6 is 0 Å². The zero-order valence-corrected chi connectivity index (χ0v) is 11.4. The number of hydrogen-bond donors (Lipinski definition) is 1. The number of carbonyl (C=O) groups excluding carboxylic acids is 1. The van der Waals surface area contributed by atoms with Crippen molar-refractivity contribution >= 4 is 11.9 Å². The monoisotopic (exact) mass is 273 g/mol. The molecule has 2 atom stereocenters. The van der Waals surface area contributed by atoms with Crippen LogP contribution in [0.15, 0.2) is 43.0 Å². The van der Waals surface area contributed by atoms with Gasteiger partial charge in [-0.2, -0.15) is 0 Å². The molecule has 1 unspecified atom stereocenters. The topological polar surface area (TPSA) is 57.6 Å². The summed E-state index contributed by atoms with van der Waals surface area (Å²) in [6.45, 7) is 4.94. The van der Waals surface area contributed by atoms with E-state index in [1.54, 1.807) is 23.1 Å². The van der Waals surface area contributed by atoms with Gasteiger partial charge >= 0.3 is 5.97 Å². The molecule has 1 aromatic rings. The molecule has 0 radical (unpaired) electrons. The predicted octanol–water partition coefficient (Wildman–Crippen LogP) is 2.43. The highest BCUT2D eigenvalue weighted by Gasteiger charge is 2.31. The van der Waals surface area contributed by atoms with Gasteiger partial charge in [-0.1, -0.05) is 24.3 Å². The van der Waals surface area contributed by atoms with Crippen molar-refractivity contribution < 1.29 is 14.7 Å². The third-order valence-electron chi connectivity index (χ3n) is 3.85. The highest BCUT2D eigenvalue weighted by molar-refractivity contribution is 5.94. The van der Waals surface area contributed by atoms with E-state index in [2.05, 4.69) is 6.58 Å². The maximum atomic E-state index is 12.4. The molecular weight excluding hydrogens is 254 g/mol. The Bertz CT molecular complexity index is 498. The average Bonchev–Trinajstić information content (AvgIpc) is 2.47. The fourth-order valence-electron chi connectivity index (χ4n) is 2.72. The number of likely N-dealkylation sites (tertiary alicyclic amines) is 1. The molecule has 0 aliphatic carbocycles. The van der Waals surface area contributed by atoms with Crippen molar-refractivity contribution in [3.63, 3.8) is 0 Å². The first-order valence-corrected chi connectivity index (χ1v) is 6.80. The number of hydrogen-bond acceptors (Lipinski definition) is 2. The van der Waals surface area contributed by atoms with Gasteiger partial charge in [0.1, 0.15) is 0 Å². The smallest absolute Gasteiger partial charge is 0.303 e. The van der Waals surface area contributed by atoms with Crippen LogP contribution in [0.5, 0.6) is 0 Å². The van der Waals surface area contributed by atoms with E-state index in [0.717, 1.165) is 0 Å². The summed E-state index contributed by atoms with van der Waals surface area (Å²) in [5, 5.41) is 8.92. The molecule has 0 spiro atoms. The lowest BCUT2D eigenvalue weighted by Crippen LogP contribution is -2.43. The molecule has 0 saturated carbocycles. The average molecular weight is 273 g/mol. The fourth-order valence-corrected chi connectivity index (χ4v) is 2.72. The molecule has 1 aliphatic rings. The number of nitrogens with zero attached hydrogens (tertiary/aromatic N) is 1. The van der Waals surface area contributed by atoms with Gasteiger partial charge < -0.3 is 10.0 Å². The third kappa shape index (κ3) is 3.26. The Balaban J connectivity index is 2.05. The van der Waals surface area contributed by atoms with Crippen LogP contribution in [0.2, 0.25) is 0 Å². The number of carboxylic acids is 1. The van der Waals surface area contributed by atoms with Gasteiger partial charge in [0, 0.05) is 25.1 Å². The van der Waals surface area contributed by atoms with Crippen LogP contribution in [0, 0.1) is 11.8 Å². The summed E-state index contributed by atoms with van der Waals surface area (Å²) in [6.07, 6.45) is 2.63. The SMILES string of the molecule is C=C[C@H]1CN(C(=O)c2ccccc2)CCC1CC(=O)O. The molecule has 0 aromatic heterocycles. The van der Waals surface area contributed by atoms with Gasteiger partial charge in [-0.05, 0) is 30.4 Å². The van der Waals surface area contributed by atoms with Gasteiger partial charge in [-0.15, -0.1) is 6.58 Å². The summed E-state index contributed by atoms with van der Waals surface area (Å²) in [5.74, 6) is -0.659. The molecule has 1 fully saturated rings. The number of piperidine rings is 1. The van der Waals surface area contributed by atoms with Crippen molar-refractivity contribution in [3.8, 4) is 0 Å². The Morgan fingerprint density at radius 1 is 1.35 bits per heavy atom. The van der Waals surface area contributed by atoms with Crippen molar-refractivity contribution in [2.75, 3.05) is 13.1 Å². The second-order valence-corrected chi connectivity index (χ2v) is 5.16. The maximum Gasteiger partial charge on any atom is 0.303 e. The van der Waals surface area contributed by atoms with E-state index in [9.17, 15) is 9.59 Å². The maximum absolute atomic E-state index is 12.4. The zero-order chi connectivity index (χ0) is 14.5. The molecule has 20 heavy (non-hydrogen) atoms. The molecule has 1 heterocycles. The van der Waals surface area contributed by atoms with E-state index in [1.165, 1.54) is 0 Å². The summed E-state index contributed by atoms with van der Waals surface area (Å²) in [7, 11) is 0. The molecule has 1 N–H and O–H groups in total. The lowest BCUT2D eigenvalue weighted by atomic mass is 9.83. The second-order valence-electron chi connectivity index (χ2n) is 5.16. The van der Waals surface area contributed by atoms with Crippen LogP contribution in [0.3, 0.4) is 0 Å². The molecule has 106 valence electrons. The second kappa shape index (κ2) is 6.37. The lowest BCUT2D eigenvalue weighted by Gasteiger charge is -2.36. The van der Waals surface area contributed by atoms with Gasteiger partial charge in [0.05, 0.1) is 0 Å². The molecule has 1 amide bonds. The molecule has 0 bridgehead atoms. The van der Waals surface area contributed by atoms with Gasteiger partial charge in [-0.3, -0.25) is 9.59 Å². The minimum Gasteiger partial charge on any atom is -0.481 e. The first-order valence-electron chi connectivity index (χ1n) is 6.80. The highest BCUT2D eigenvalue weighted by atomic mass is 16.4. The Labute approximate surface area is 118 Å². The van der Waals surface area contributed by atoms with Crippen LogP contribution in [0.25, 0.3) is 0 Å². The van der Waals surface area contributed by atoms with Crippen molar-refractivity contribution in [1.82, 2.24) is 4.90 Å². The fraction of sp³-hybridized carbons (Fsp3) is 0.375. The molecule has 1 aromatic carbocycles. The minimum absolute atomic E-state index is 0.00576. The zero-order valence-electron chi connectivity index (χ0n) is 11.4. The minimum atomic E-state index is -0.787. The Hall–Kier alpha value is -2.10. The molecule has 1 aliphatic heterocycles. The van der Waals surface area contributed by atoms with Crippen molar-refractivity contribution in [2.45, 2.75) is 12.8 Å². The highest BCUT2D eigenvalue weighted by Crippen LogP contribution is 2.28. The number of rotatable bonds is 4. The largest absolute Gasteiger partial charge is 0.481 e. The molecule has 2 rings (SSSR count). The number of amides is 1. The Kier molecular flexibility index (Phi) is 4.56. The first-order chi connectivity index (χ1) is 9.61.